The first-order valence-electron chi connectivity index (χ1n) is 8.01. The van der Waals surface area contributed by atoms with Gasteiger partial charge in [-0.15, -0.1) is 0 Å². The number of carbonyl (C=O) groups excluding carboxylic acids is 1. The maximum Gasteiger partial charge on any atom is 0.269 e. The predicted molar refractivity (Wildman–Crippen MR) is 95.0 cm³/mol. The number of carbonyl (C=O) groups is 1. The van der Waals surface area contributed by atoms with E-state index in [4.69, 9.17) is 16.3 Å². The Hall–Kier alpha value is -2.11. The van der Waals surface area contributed by atoms with Crippen molar-refractivity contribution in [3.05, 3.63) is 52.8 Å². The quantitative estimate of drug-likeness (QED) is 0.867. The van der Waals surface area contributed by atoms with Crippen molar-refractivity contribution in [2.75, 3.05) is 18.5 Å². The molecule has 0 aliphatic carbocycles. The second-order valence-corrected chi connectivity index (χ2v) is 6.22. The molecule has 2 N–H and O–H groups in total. The monoisotopic (exact) mass is 345 g/mol. The fourth-order valence-electron chi connectivity index (χ4n) is 2.60. The molecule has 1 atom stereocenters. The lowest BCUT2D eigenvalue weighted by Gasteiger charge is -2.12. The van der Waals surface area contributed by atoms with Crippen LogP contribution in [-0.4, -0.2) is 30.1 Å². The molecule has 126 valence electrons. The summed E-state index contributed by atoms with van der Waals surface area (Å²) in [4.78, 5) is 16.3. The molecule has 2 aromatic rings. The number of anilines is 2. The maximum atomic E-state index is 12.1. The molecule has 3 rings (SSSR count). The molecule has 1 aliphatic heterocycles. The molecule has 1 aliphatic rings. The lowest BCUT2D eigenvalue weighted by atomic mass is 10.2. The second kappa shape index (κ2) is 7.64. The average Bonchev–Trinajstić information content (AvgIpc) is 3.11. The Morgan fingerprint density at radius 1 is 1.38 bits per heavy atom. The largest absolute Gasteiger partial charge is 0.376 e. The van der Waals surface area contributed by atoms with Crippen LogP contribution in [0.5, 0.6) is 0 Å². The molecule has 1 amide bonds. The van der Waals surface area contributed by atoms with Gasteiger partial charge in [-0.3, -0.25) is 4.79 Å². The van der Waals surface area contributed by atoms with Crippen LogP contribution in [-0.2, 0) is 4.74 Å². The molecule has 1 aromatic heterocycles. The third kappa shape index (κ3) is 4.04. The highest BCUT2D eigenvalue weighted by molar-refractivity contribution is 6.31. The van der Waals surface area contributed by atoms with Crippen molar-refractivity contribution in [3.8, 4) is 0 Å². The fourth-order valence-corrected chi connectivity index (χ4v) is 2.78. The Morgan fingerprint density at radius 2 is 2.25 bits per heavy atom. The van der Waals surface area contributed by atoms with E-state index in [1.54, 1.807) is 12.3 Å². The number of nitrogens with zero attached hydrogens (tertiary/aromatic N) is 1. The van der Waals surface area contributed by atoms with Crippen LogP contribution in [0, 0.1) is 6.92 Å². The Balaban J connectivity index is 1.60. The van der Waals surface area contributed by atoms with Crippen molar-refractivity contribution in [1.82, 2.24) is 10.3 Å². The van der Waals surface area contributed by atoms with Crippen molar-refractivity contribution in [3.63, 3.8) is 0 Å². The van der Waals surface area contributed by atoms with Crippen LogP contribution < -0.4 is 10.6 Å². The minimum absolute atomic E-state index is 0.126. The zero-order valence-corrected chi connectivity index (χ0v) is 14.3. The van der Waals surface area contributed by atoms with Crippen LogP contribution in [0.3, 0.4) is 0 Å². The van der Waals surface area contributed by atoms with E-state index in [0.29, 0.717) is 17.3 Å². The highest BCUT2D eigenvalue weighted by Gasteiger charge is 2.17. The number of aromatic nitrogens is 1. The summed E-state index contributed by atoms with van der Waals surface area (Å²) in [7, 11) is 0. The number of nitrogens with one attached hydrogen (secondary N) is 2. The van der Waals surface area contributed by atoms with Gasteiger partial charge >= 0.3 is 0 Å². The van der Waals surface area contributed by atoms with E-state index in [-0.39, 0.29) is 12.0 Å². The summed E-state index contributed by atoms with van der Waals surface area (Å²) in [5.74, 6) is -0.184. The van der Waals surface area contributed by atoms with E-state index in [1.807, 2.05) is 31.2 Å². The lowest BCUT2D eigenvalue weighted by Crippen LogP contribution is -2.32. The molecule has 6 heteroatoms. The van der Waals surface area contributed by atoms with Gasteiger partial charge < -0.3 is 15.4 Å². The molecule has 0 spiro atoms. The van der Waals surface area contributed by atoms with Crippen LogP contribution in [0.2, 0.25) is 5.02 Å². The number of hydrogen-bond donors (Lipinski definition) is 2. The van der Waals surface area contributed by atoms with Crippen LogP contribution in [0.25, 0.3) is 0 Å². The Morgan fingerprint density at radius 3 is 2.96 bits per heavy atom. The van der Waals surface area contributed by atoms with Gasteiger partial charge in [-0.05, 0) is 49.6 Å². The zero-order chi connectivity index (χ0) is 16.9. The van der Waals surface area contributed by atoms with Gasteiger partial charge in [0.2, 0.25) is 0 Å². The molecule has 2 heterocycles. The standard InChI is InChI=1S/C18H20ClN3O2/c1-12-15(19)5-2-6-16(12)22-13-7-8-17(20-10-13)18(23)21-11-14-4-3-9-24-14/h2,5-8,10,14,22H,3-4,9,11H2,1H3,(H,21,23). The van der Waals surface area contributed by atoms with Gasteiger partial charge in [-0.25, -0.2) is 4.98 Å². The Kier molecular flexibility index (Phi) is 5.33. The van der Waals surface area contributed by atoms with Gasteiger partial charge in [-0.1, -0.05) is 17.7 Å². The lowest BCUT2D eigenvalue weighted by molar-refractivity contribution is 0.0854. The summed E-state index contributed by atoms with van der Waals surface area (Å²) in [6.45, 7) is 3.26. The second-order valence-electron chi connectivity index (χ2n) is 5.81. The summed E-state index contributed by atoms with van der Waals surface area (Å²) in [6.07, 6.45) is 3.82. The van der Waals surface area contributed by atoms with Crippen molar-refractivity contribution in [2.45, 2.75) is 25.9 Å². The molecule has 24 heavy (non-hydrogen) atoms. The van der Waals surface area contributed by atoms with E-state index < -0.39 is 0 Å². The van der Waals surface area contributed by atoms with Gasteiger partial charge in [-0.2, -0.15) is 0 Å². The number of rotatable bonds is 5. The number of hydrogen-bond acceptors (Lipinski definition) is 4. The third-order valence-corrected chi connectivity index (χ3v) is 4.47. The van der Waals surface area contributed by atoms with Crippen molar-refractivity contribution >= 4 is 28.9 Å². The maximum absolute atomic E-state index is 12.1. The van der Waals surface area contributed by atoms with Crippen LogP contribution in [0.1, 0.15) is 28.9 Å². The molecule has 5 nitrogen and oxygen atoms in total. The molecule has 0 radical (unpaired) electrons. The van der Waals surface area contributed by atoms with E-state index in [0.717, 1.165) is 36.4 Å². The summed E-state index contributed by atoms with van der Waals surface area (Å²) in [6, 6.07) is 9.21. The first-order chi connectivity index (χ1) is 11.6. The van der Waals surface area contributed by atoms with E-state index in [9.17, 15) is 4.79 Å². The first kappa shape index (κ1) is 16.7. The average molecular weight is 346 g/mol. The van der Waals surface area contributed by atoms with Gasteiger partial charge in [0.05, 0.1) is 18.0 Å². The molecular formula is C18H20ClN3O2. The summed E-state index contributed by atoms with van der Waals surface area (Å²) >= 11 is 6.12. The fraction of sp³-hybridized carbons (Fsp3) is 0.333. The first-order valence-corrected chi connectivity index (χ1v) is 8.39. The number of pyridine rings is 1. The number of halogens is 1. The molecular weight excluding hydrogens is 326 g/mol. The zero-order valence-electron chi connectivity index (χ0n) is 13.5. The molecule has 0 saturated carbocycles. The van der Waals surface area contributed by atoms with Crippen molar-refractivity contribution in [1.29, 1.82) is 0 Å². The van der Waals surface area contributed by atoms with Gasteiger partial charge in [0.15, 0.2) is 0 Å². The van der Waals surface area contributed by atoms with E-state index in [1.165, 1.54) is 0 Å². The number of amides is 1. The van der Waals surface area contributed by atoms with Gasteiger partial charge in [0.1, 0.15) is 5.69 Å². The third-order valence-electron chi connectivity index (χ3n) is 4.06. The molecule has 1 fully saturated rings. The van der Waals surface area contributed by atoms with Gasteiger partial charge in [0.25, 0.3) is 5.91 Å². The van der Waals surface area contributed by atoms with Crippen LogP contribution in [0.15, 0.2) is 36.5 Å². The van der Waals surface area contributed by atoms with Crippen LogP contribution in [0.4, 0.5) is 11.4 Å². The minimum Gasteiger partial charge on any atom is -0.376 e. The predicted octanol–water partition coefficient (Wildman–Crippen LogP) is 3.70. The van der Waals surface area contributed by atoms with Gasteiger partial charge in [0, 0.05) is 23.9 Å². The highest BCUT2D eigenvalue weighted by Crippen LogP contribution is 2.25. The number of benzene rings is 1. The van der Waals surface area contributed by atoms with Crippen molar-refractivity contribution < 1.29 is 9.53 Å². The molecule has 0 bridgehead atoms. The SMILES string of the molecule is Cc1c(Cl)cccc1Nc1ccc(C(=O)NCC2CCCO2)nc1. The van der Waals surface area contributed by atoms with Crippen molar-refractivity contribution in [2.24, 2.45) is 0 Å². The minimum atomic E-state index is -0.184. The highest BCUT2D eigenvalue weighted by atomic mass is 35.5. The Labute approximate surface area is 146 Å². The van der Waals surface area contributed by atoms with E-state index >= 15 is 0 Å². The molecule has 1 unspecified atom stereocenters. The summed E-state index contributed by atoms with van der Waals surface area (Å²) in [5.41, 5.74) is 3.08. The summed E-state index contributed by atoms with van der Waals surface area (Å²) in [5, 5.41) is 6.83. The van der Waals surface area contributed by atoms with Crippen LogP contribution >= 0.6 is 11.6 Å². The number of ether oxygens (including phenoxy) is 1. The smallest absolute Gasteiger partial charge is 0.269 e. The summed E-state index contributed by atoms with van der Waals surface area (Å²) < 4.78 is 5.49. The molecule has 1 saturated heterocycles. The normalized spacial score (nSPS) is 16.8. The Bertz CT molecular complexity index is 713. The molecule has 1 aromatic carbocycles. The topological polar surface area (TPSA) is 63.2 Å². The van der Waals surface area contributed by atoms with E-state index in [2.05, 4.69) is 15.6 Å².